The van der Waals surface area contributed by atoms with Crippen molar-refractivity contribution >= 4 is 5.91 Å². The molecule has 0 aliphatic rings. The molecular weight excluding hydrogens is 234 g/mol. The molecule has 0 aliphatic heterocycles. The first-order valence-electron chi connectivity index (χ1n) is 7.52. The quantitative estimate of drug-likeness (QED) is 0.702. The third kappa shape index (κ3) is 5.91. The summed E-state index contributed by atoms with van der Waals surface area (Å²) in [7, 11) is 0. The fourth-order valence-corrected chi connectivity index (χ4v) is 2.09. The van der Waals surface area contributed by atoms with E-state index in [9.17, 15) is 4.79 Å². The van der Waals surface area contributed by atoms with Gasteiger partial charge in [-0.3, -0.25) is 4.79 Å². The van der Waals surface area contributed by atoms with Crippen LogP contribution in [0.4, 0.5) is 0 Å². The maximum Gasteiger partial charge on any atom is 0.223 e. The number of unbranched alkanes of at least 4 members (excludes halogenated alkanes) is 2. The van der Waals surface area contributed by atoms with Gasteiger partial charge in [0.1, 0.15) is 0 Å². The van der Waals surface area contributed by atoms with Gasteiger partial charge in [-0.05, 0) is 24.0 Å². The zero-order valence-electron chi connectivity index (χ0n) is 12.5. The SMILES string of the molecule is CCCCCC(C)C(=O)NCc1ccc(CC)cc1. The van der Waals surface area contributed by atoms with Crippen LogP contribution in [0.1, 0.15) is 57.6 Å². The van der Waals surface area contributed by atoms with Crippen LogP contribution in [0.5, 0.6) is 0 Å². The maximum absolute atomic E-state index is 11.9. The third-order valence-corrected chi connectivity index (χ3v) is 3.59. The van der Waals surface area contributed by atoms with Gasteiger partial charge in [0.15, 0.2) is 0 Å². The average molecular weight is 261 g/mol. The summed E-state index contributed by atoms with van der Waals surface area (Å²) in [5.74, 6) is 0.303. The van der Waals surface area contributed by atoms with E-state index in [-0.39, 0.29) is 11.8 Å². The molecule has 0 heterocycles. The van der Waals surface area contributed by atoms with E-state index in [1.165, 1.54) is 24.0 Å². The molecule has 0 saturated heterocycles. The van der Waals surface area contributed by atoms with Crippen molar-refractivity contribution in [2.45, 2.75) is 59.4 Å². The number of rotatable bonds is 8. The molecule has 1 atom stereocenters. The van der Waals surface area contributed by atoms with Crippen LogP contribution in [-0.4, -0.2) is 5.91 Å². The minimum absolute atomic E-state index is 0.126. The monoisotopic (exact) mass is 261 g/mol. The summed E-state index contributed by atoms with van der Waals surface area (Å²) in [4.78, 5) is 11.9. The topological polar surface area (TPSA) is 29.1 Å². The molecule has 1 rings (SSSR count). The van der Waals surface area contributed by atoms with Crippen LogP contribution in [0.3, 0.4) is 0 Å². The van der Waals surface area contributed by atoms with E-state index in [0.717, 1.165) is 19.3 Å². The van der Waals surface area contributed by atoms with Gasteiger partial charge in [0.25, 0.3) is 0 Å². The molecule has 0 radical (unpaired) electrons. The lowest BCUT2D eigenvalue weighted by atomic mass is 10.0. The minimum atomic E-state index is 0.126. The molecule has 0 spiro atoms. The second-order valence-electron chi connectivity index (χ2n) is 5.28. The van der Waals surface area contributed by atoms with E-state index in [0.29, 0.717) is 6.54 Å². The van der Waals surface area contributed by atoms with Crippen molar-refractivity contribution in [3.8, 4) is 0 Å². The fourth-order valence-electron chi connectivity index (χ4n) is 2.09. The Balaban J connectivity index is 2.32. The van der Waals surface area contributed by atoms with Crippen LogP contribution in [0.25, 0.3) is 0 Å². The van der Waals surface area contributed by atoms with Gasteiger partial charge in [0.05, 0.1) is 0 Å². The van der Waals surface area contributed by atoms with Crippen molar-refractivity contribution in [3.63, 3.8) is 0 Å². The van der Waals surface area contributed by atoms with Gasteiger partial charge >= 0.3 is 0 Å². The molecule has 1 unspecified atom stereocenters. The van der Waals surface area contributed by atoms with Gasteiger partial charge in [-0.25, -0.2) is 0 Å². The highest BCUT2D eigenvalue weighted by Gasteiger charge is 2.11. The lowest BCUT2D eigenvalue weighted by Crippen LogP contribution is -2.28. The van der Waals surface area contributed by atoms with Gasteiger partial charge in [-0.1, -0.05) is 64.3 Å². The van der Waals surface area contributed by atoms with Gasteiger partial charge in [-0.2, -0.15) is 0 Å². The van der Waals surface area contributed by atoms with Crippen molar-refractivity contribution < 1.29 is 4.79 Å². The van der Waals surface area contributed by atoms with Crippen molar-refractivity contribution in [1.82, 2.24) is 5.32 Å². The van der Waals surface area contributed by atoms with Crippen molar-refractivity contribution in [1.29, 1.82) is 0 Å². The number of nitrogens with one attached hydrogen (secondary N) is 1. The number of hydrogen-bond donors (Lipinski definition) is 1. The Labute approximate surface area is 117 Å². The molecule has 0 bridgehead atoms. The molecule has 2 nitrogen and oxygen atoms in total. The van der Waals surface area contributed by atoms with E-state index in [1.54, 1.807) is 0 Å². The van der Waals surface area contributed by atoms with Crippen LogP contribution in [0.15, 0.2) is 24.3 Å². The van der Waals surface area contributed by atoms with Crippen LogP contribution < -0.4 is 5.32 Å². The van der Waals surface area contributed by atoms with Crippen molar-refractivity contribution in [2.24, 2.45) is 5.92 Å². The van der Waals surface area contributed by atoms with Crippen LogP contribution in [0.2, 0.25) is 0 Å². The first-order chi connectivity index (χ1) is 9.17. The lowest BCUT2D eigenvalue weighted by molar-refractivity contribution is -0.124. The Kier molecular flexibility index (Phi) is 7.24. The number of benzene rings is 1. The largest absolute Gasteiger partial charge is 0.352 e. The predicted molar refractivity (Wildman–Crippen MR) is 81.0 cm³/mol. The minimum Gasteiger partial charge on any atom is -0.352 e. The highest BCUT2D eigenvalue weighted by molar-refractivity contribution is 5.78. The highest BCUT2D eigenvalue weighted by Crippen LogP contribution is 2.10. The van der Waals surface area contributed by atoms with Crippen LogP contribution in [-0.2, 0) is 17.8 Å². The molecule has 2 heteroatoms. The number of carbonyl (C=O) groups excluding carboxylic acids is 1. The summed E-state index contributed by atoms with van der Waals surface area (Å²) in [6, 6.07) is 8.46. The lowest BCUT2D eigenvalue weighted by Gasteiger charge is -2.12. The third-order valence-electron chi connectivity index (χ3n) is 3.59. The van der Waals surface area contributed by atoms with Crippen molar-refractivity contribution in [3.05, 3.63) is 35.4 Å². The van der Waals surface area contributed by atoms with Crippen LogP contribution >= 0.6 is 0 Å². The Bertz CT molecular complexity index is 369. The summed E-state index contributed by atoms with van der Waals surface area (Å²) in [6.07, 6.45) is 5.63. The van der Waals surface area contributed by atoms with Gasteiger partial charge < -0.3 is 5.32 Å². The zero-order chi connectivity index (χ0) is 14.1. The van der Waals surface area contributed by atoms with E-state index >= 15 is 0 Å². The maximum atomic E-state index is 11.9. The zero-order valence-corrected chi connectivity index (χ0v) is 12.5. The molecule has 0 aliphatic carbocycles. The smallest absolute Gasteiger partial charge is 0.223 e. The fraction of sp³-hybridized carbons (Fsp3) is 0.588. The molecule has 0 fully saturated rings. The molecular formula is C17H27NO. The Morgan fingerprint density at radius 2 is 1.74 bits per heavy atom. The Hall–Kier alpha value is -1.31. The van der Waals surface area contributed by atoms with Crippen LogP contribution in [0, 0.1) is 5.92 Å². The second kappa shape index (κ2) is 8.73. The van der Waals surface area contributed by atoms with Gasteiger partial charge in [0, 0.05) is 12.5 Å². The summed E-state index contributed by atoms with van der Waals surface area (Å²) in [5, 5.41) is 3.02. The van der Waals surface area contributed by atoms with Gasteiger partial charge in [0.2, 0.25) is 5.91 Å². The van der Waals surface area contributed by atoms with Gasteiger partial charge in [-0.15, -0.1) is 0 Å². The average Bonchev–Trinajstić information content (AvgIpc) is 2.45. The van der Waals surface area contributed by atoms with E-state index in [2.05, 4.69) is 43.4 Å². The van der Waals surface area contributed by atoms with E-state index in [1.807, 2.05) is 6.92 Å². The molecule has 106 valence electrons. The predicted octanol–water partition coefficient (Wildman–Crippen LogP) is 4.08. The molecule has 0 saturated carbocycles. The van der Waals surface area contributed by atoms with E-state index in [4.69, 9.17) is 0 Å². The Morgan fingerprint density at radius 3 is 2.32 bits per heavy atom. The summed E-state index contributed by atoms with van der Waals surface area (Å²) < 4.78 is 0. The molecule has 0 aromatic heterocycles. The number of aryl methyl sites for hydroxylation is 1. The molecule has 1 aromatic rings. The standard InChI is InChI=1S/C17H27NO/c1-4-6-7-8-14(3)17(19)18-13-16-11-9-15(5-2)10-12-16/h9-12,14H,4-8,13H2,1-3H3,(H,18,19). The number of amides is 1. The number of hydrogen-bond acceptors (Lipinski definition) is 1. The summed E-state index contributed by atoms with van der Waals surface area (Å²) >= 11 is 0. The Morgan fingerprint density at radius 1 is 1.11 bits per heavy atom. The first-order valence-corrected chi connectivity index (χ1v) is 7.52. The summed E-state index contributed by atoms with van der Waals surface area (Å²) in [6.45, 7) is 6.99. The number of carbonyl (C=O) groups is 1. The molecule has 1 N–H and O–H groups in total. The first kappa shape index (κ1) is 15.7. The normalized spacial score (nSPS) is 12.2. The molecule has 19 heavy (non-hydrogen) atoms. The molecule has 1 amide bonds. The second-order valence-corrected chi connectivity index (χ2v) is 5.28. The van der Waals surface area contributed by atoms with Crippen molar-refractivity contribution in [2.75, 3.05) is 0 Å². The molecule has 1 aromatic carbocycles. The highest BCUT2D eigenvalue weighted by atomic mass is 16.1. The van der Waals surface area contributed by atoms with E-state index < -0.39 is 0 Å². The summed E-state index contributed by atoms with van der Waals surface area (Å²) in [5.41, 5.74) is 2.51.